The van der Waals surface area contributed by atoms with Crippen LogP contribution in [-0.4, -0.2) is 50.5 Å². The Bertz CT molecular complexity index is 426. The monoisotopic (exact) mass is 459 g/mol. The summed E-state index contributed by atoms with van der Waals surface area (Å²) in [5.74, 6) is 0.966. The van der Waals surface area contributed by atoms with E-state index in [0.717, 1.165) is 28.4 Å². The molecule has 0 N–H and O–H groups in total. The van der Waals surface area contributed by atoms with Crippen LogP contribution in [0, 0.1) is 0 Å². The molecule has 0 spiro atoms. The van der Waals surface area contributed by atoms with E-state index < -0.39 is 0 Å². The van der Waals surface area contributed by atoms with Crippen LogP contribution >= 0.6 is 51.5 Å². The van der Waals surface area contributed by atoms with Crippen molar-refractivity contribution in [1.29, 1.82) is 0 Å². The second-order valence-corrected chi connectivity index (χ2v) is 5.75. The van der Waals surface area contributed by atoms with Gasteiger partial charge in [0.1, 0.15) is 0 Å². The van der Waals surface area contributed by atoms with Gasteiger partial charge in [0.2, 0.25) is 0 Å². The van der Waals surface area contributed by atoms with Gasteiger partial charge in [-0.1, -0.05) is 27.5 Å². The minimum atomic E-state index is 0. The minimum Gasteiger partial charge on any atom is -0.349 e. The van der Waals surface area contributed by atoms with Gasteiger partial charge in [-0.25, -0.2) is 0 Å². The first-order chi connectivity index (χ1) is 8.41. The second-order valence-electron chi connectivity index (χ2n) is 4.46. The lowest BCUT2D eigenvalue weighted by molar-refractivity contribution is 0.479. The predicted octanol–water partition coefficient (Wildman–Crippen LogP) is 3.74. The highest BCUT2D eigenvalue weighted by Gasteiger charge is 2.05. The third-order valence-corrected chi connectivity index (χ3v) is 3.45. The zero-order chi connectivity index (χ0) is 13.7. The van der Waals surface area contributed by atoms with Gasteiger partial charge in [-0.15, -0.1) is 24.0 Å². The summed E-state index contributed by atoms with van der Waals surface area (Å²) in [6, 6.07) is 5.83. The molecule has 0 aliphatic heterocycles. The van der Waals surface area contributed by atoms with Gasteiger partial charge >= 0.3 is 0 Å². The number of rotatable bonds is 3. The van der Waals surface area contributed by atoms with Gasteiger partial charge in [-0.05, 0) is 30.2 Å². The Morgan fingerprint density at radius 2 is 1.79 bits per heavy atom. The number of halogens is 3. The normalized spacial score (nSPS) is 9.58. The average molecular weight is 461 g/mol. The van der Waals surface area contributed by atoms with Gasteiger partial charge in [0.15, 0.2) is 5.96 Å². The average Bonchev–Trinajstić information content (AvgIpc) is 2.27. The van der Waals surface area contributed by atoms with Gasteiger partial charge in [0, 0.05) is 44.2 Å². The highest BCUT2D eigenvalue weighted by atomic mass is 127. The van der Waals surface area contributed by atoms with Crippen molar-refractivity contribution in [2.75, 3.05) is 34.7 Å². The van der Waals surface area contributed by atoms with Gasteiger partial charge in [-0.2, -0.15) is 0 Å². The summed E-state index contributed by atoms with van der Waals surface area (Å²) >= 11 is 9.51. The van der Waals surface area contributed by atoms with Crippen LogP contribution in [-0.2, 0) is 6.42 Å². The molecule has 108 valence electrons. The summed E-state index contributed by atoms with van der Waals surface area (Å²) in [5, 5.41) is 0.762. The summed E-state index contributed by atoms with van der Waals surface area (Å²) < 4.78 is 1.08. The Balaban J connectivity index is 0.00000324. The largest absolute Gasteiger partial charge is 0.349 e. The van der Waals surface area contributed by atoms with E-state index in [-0.39, 0.29) is 24.0 Å². The Labute approximate surface area is 146 Å². The molecular formula is C13H20BrClIN3. The fraction of sp³-hybridized carbons (Fsp3) is 0.462. The highest BCUT2D eigenvalue weighted by molar-refractivity contribution is 14.0. The van der Waals surface area contributed by atoms with Crippen LogP contribution in [0.2, 0.25) is 5.02 Å². The molecule has 1 aromatic rings. The summed E-state index contributed by atoms with van der Waals surface area (Å²) in [6.07, 6.45) is 0.867. The molecule has 1 aromatic carbocycles. The van der Waals surface area contributed by atoms with E-state index >= 15 is 0 Å². The topological polar surface area (TPSA) is 18.8 Å². The van der Waals surface area contributed by atoms with Crippen LogP contribution in [0.4, 0.5) is 0 Å². The van der Waals surface area contributed by atoms with Crippen molar-refractivity contribution in [2.45, 2.75) is 6.42 Å². The van der Waals surface area contributed by atoms with Crippen LogP contribution in [0.25, 0.3) is 0 Å². The molecule has 6 heteroatoms. The maximum absolute atomic E-state index is 5.99. The van der Waals surface area contributed by atoms with E-state index in [1.54, 1.807) is 0 Å². The molecule has 0 saturated heterocycles. The third kappa shape index (κ3) is 6.31. The molecule has 0 unspecified atom stereocenters. The molecule has 0 atom stereocenters. The fourth-order valence-electron chi connectivity index (χ4n) is 1.69. The number of benzene rings is 1. The smallest absolute Gasteiger partial charge is 0.195 e. The molecule has 0 fully saturated rings. The number of guanidine groups is 1. The van der Waals surface area contributed by atoms with Crippen LogP contribution in [0.15, 0.2) is 27.7 Å². The molecule has 0 bridgehead atoms. The highest BCUT2D eigenvalue weighted by Crippen LogP contribution is 2.21. The zero-order valence-electron chi connectivity index (χ0n) is 11.7. The van der Waals surface area contributed by atoms with Crippen molar-refractivity contribution < 1.29 is 0 Å². The molecule has 1 rings (SSSR count). The molecule has 0 heterocycles. The number of aliphatic imine (C=N–C) groups is 1. The summed E-state index contributed by atoms with van der Waals surface area (Å²) in [6.45, 7) is 0.741. The lowest BCUT2D eigenvalue weighted by atomic mass is 10.1. The van der Waals surface area contributed by atoms with Crippen molar-refractivity contribution in [3.05, 3.63) is 33.3 Å². The molecule has 0 saturated carbocycles. The van der Waals surface area contributed by atoms with Crippen LogP contribution in [0.3, 0.4) is 0 Å². The van der Waals surface area contributed by atoms with Crippen LogP contribution in [0.1, 0.15) is 5.56 Å². The van der Waals surface area contributed by atoms with E-state index in [9.17, 15) is 0 Å². The summed E-state index contributed by atoms with van der Waals surface area (Å²) in [7, 11) is 7.98. The van der Waals surface area contributed by atoms with Crippen molar-refractivity contribution in [1.82, 2.24) is 9.80 Å². The van der Waals surface area contributed by atoms with Crippen molar-refractivity contribution in [3.8, 4) is 0 Å². The first kappa shape index (κ1) is 19.0. The zero-order valence-corrected chi connectivity index (χ0v) is 16.3. The molecule has 3 nitrogen and oxygen atoms in total. The summed E-state index contributed by atoms with van der Waals surface area (Å²) in [5.41, 5.74) is 1.18. The molecule has 0 aliphatic carbocycles. The Morgan fingerprint density at radius 3 is 2.32 bits per heavy atom. The maximum atomic E-state index is 5.99. The Morgan fingerprint density at radius 1 is 1.21 bits per heavy atom. The van der Waals surface area contributed by atoms with E-state index in [4.69, 9.17) is 11.6 Å². The molecular weight excluding hydrogens is 440 g/mol. The molecule has 0 radical (unpaired) electrons. The minimum absolute atomic E-state index is 0. The van der Waals surface area contributed by atoms with E-state index in [0.29, 0.717) is 0 Å². The second kappa shape index (κ2) is 9.02. The maximum Gasteiger partial charge on any atom is 0.195 e. The fourth-order valence-corrected chi connectivity index (χ4v) is 2.33. The first-order valence-corrected chi connectivity index (χ1v) is 6.92. The van der Waals surface area contributed by atoms with Crippen molar-refractivity contribution in [2.24, 2.45) is 4.99 Å². The standard InChI is InChI=1S/C13H19BrClN3.HI/c1-17(2)13(18(3)4)16-8-7-10-9-11(15)5-6-12(10)14;/h5-6,9H,7-8H2,1-4H3;1H. The number of nitrogens with zero attached hydrogens (tertiary/aromatic N) is 3. The van der Waals surface area contributed by atoms with E-state index in [1.807, 2.05) is 56.2 Å². The number of hydrogen-bond acceptors (Lipinski definition) is 1. The predicted molar refractivity (Wildman–Crippen MR) is 97.9 cm³/mol. The summed E-state index contributed by atoms with van der Waals surface area (Å²) in [4.78, 5) is 8.61. The third-order valence-electron chi connectivity index (χ3n) is 2.44. The van der Waals surface area contributed by atoms with Gasteiger partial charge in [0.05, 0.1) is 0 Å². The SMILES string of the molecule is CN(C)C(=NCCc1cc(Cl)ccc1Br)N(C)C.I. The lowest BCUT2D eigenvalue weighted by Crippen LogP contribution is -2.35. The van der Waals surface area contributed by atoms with Gasteiger partial charge in [0.25, 0.3) is 0 Å². The Kier molecular flexibility index (Phi) is 9.02. The molecule has 0 aromatic heterocycles. The number of hydrogen-bond donors (Lipinski definition) is 0. The van der Waals surface area contributed by atoms with E-state index in [2.05, 4.69) is 20.9 Å². The lowest BCUT2D eigenvalue weighted by Gasteiger charge is -2.22. The van der Waals surface area contributed by atoms with Crippen LogP contribution in [0.5, 0.6) is 0 Å². The van der Waals surface area contributed by atoms with Crippen LogP contribution < -0.4 is 0 Å². The molecule has 0 aliphatic rings. The van der Waals surface area contributed by atoms with Crippen molar-refractivity contribution >= 4 is 57.5 Å². The first-order valence-electron chi connectivity index (χ1n) is 5.75. The van der Waals surface area contributed by atoms with E-state index in [1.165, 1.54) is 5.56 Å². The van der Waals surface area contributed by atoms with Crippen molar-refractivity contribution in [3.63, 3.8) is 0 Å². The molecule has 0 amide bonds. The van der Waals surface area contributed by atoms with Gasteiger partial charge < -0.3 is 9.80 Å². The molecule has 19 heavy (non-hydrogen) atoms. The quantitative estimate of drug-likeness (QED) is 0.389. The Hall–Kier alpha value is -0.0100. The van der Waals surface area contributed by atoms with Gasteiger partial charge in [-0.3, -0.25) is 4.99 Å².